The van der Waals surface area contributed by atoms with E-state index in [1.807, 2.05) is 48.5 Å². The molecule has 3 aromatic carbocycles. The topological polar surface area (TPSA) is 70.2 Å². The van der Waals surface area contributed by atoms with Gasteiger partial charge in [0.05, 0.1) is 17.3 Å². The molecule has 2 N–H and O–H groups in total. The third kappa shape index (κ3) is 4.47. The standard InChI is InChI=1S/C32H34N4O2/c1-36-24-12-13-25(36)19-27(18-24)38-26-14-9-22(10-15-26)31-28-17-23(11-16-29(28)34-35-31)32(37)33-30(21-7-8-21)20-5-3-2-4-6-20/h2-6,9-11,14-17,21,24-25,27,30H,7-8,12-13,18-19H2,1H3,(H,33,37)(H,34,35)/t24-,25+,27+,30?. The summed E-state index contributed by atoms with van der Waals surface area (Å²) in [6.07, 6.45) is 7.40. The Hall–Kier alpha value is -3.64. The van der Waals surface area contributed by atoms with Gasteiger partial charge in [-0.2, -0.15) is 5.10 Å². The molecular formula is C32H34N4O2. The van der Waals surface area contributed by atoms with E-state index in [-0.39, 0.29) is 18.1 Å². The number of hydrogen-bond acceptors (Lipinski definition) is 4. The molecule has 1 aliphatic carbocycles. The Morgan fingerprint density at radius 2 is 1.71 bits per heavy atom. The van der Waals surface area contributed by atoms with Gasteiger partial charge in [-0.1, -0.05) is 30.3 Å². The quantitative estimate of drug-likeness (QED) is 0.317. The van der Waals surface area contributed by atoms with Crippen molar-refractivity contribution in [2.24, 2.45) is 5.92 Å². The van der Waals surface area contributed by atoms with Crippen molar-refractivity contribution in [2.45, 2.75) is 62.8 Å². The number of amides is 1. The molecule has 0 spiro atoms. The number of H-pyrrole nitrogens is 1. The van der Waals surface area contributed by atoms with Crippen molar-refractivity contribution in [3.63, 3.8) is 0 Å². The minimum atomic E-state index is -0.0457. The lowest BCUT2D eigenvalue weighted by Gasteiger charge is -2.36. The van der Waals surface area contributed by atoms with Gasteiger partial charge >= 0.3 is 0 Å². The molecule has 4 atom stereocenters. The molecule has 1 aromatic heterocycles. The fourth-order valence-corrected chi connectivity index (χ4v) is 6.50. The normalized spacial score (nSPS) is 23.9. The number of nitrogens with one attached hydrogen (secondary N) is 2. The van der Waals surface area contributed by atoms with Gasteiger partial charge in [0.2, 0.25) is 0 Å². The van der Waals surface area contributed by atoms with Crippen LogP contribution in [0.3, 0.4) is 0 Å². The van der Waals surface area contributed by atoms with Crippen LogP contribution in [0.4, 0.5) is 0 Å². The molecule has 38 heavy (non-hydrogen) atoms. The molecule has 6 nitrogen and oxygen atoms in total. The molecular weight excluding hydrogens is 472 g/mol. The summed E-state index contributed by atoms with van der Waals surface area (Å²) < 4.78 is 6.38. The first kappa shape index (κ1) is 23.5. The lowest BCUT2D eigenvalue weighted by Crippen LogP contribution is -2.43. The Morgan fingerprint density at radius 1 is 0.974 bits per heavy atom. The van der Waals surface area contributed by atoms with Crippen molar-refractivity contribution >= 4 is 16.8 Å². The fraction of sp³-hybridized carbons (Fsp3) is 0.375. The van der Waals surface area contributed by atoms with E-state index in [0.717, 1.165) is 53.6 Å². The first-order chi connectivity index (χ1) is 18.6. The van der Waals surface area contributed by atoms with Gasteiger partial charge < -0.3 is 15.0 Å². The summed E-state index contributed by atoms with van der Waals surface area (Å²) in [6, 6.07) is 25.7. The largest absolute Gasteiger partial charge is 0.490 e. The van der Waals surface area contributed by atoms with Gasteiger partial charge in [0.25, 0.3) is 5.91 Å². The summed E-state index contributed by atoms with van der Waals surface area (Å²) in [6.45, 7) is 0. The number of aromatic amines is 1. The zero-order valence-corrected chi connectivity index (χ0v) is 21.8. The van der Waals surface area contributed by atoms with Gasteiger partial charge in [0.15, 0.2) is 0 Å². The zero-order valence-electron chi connectivity index (χ0n) is 21.8. The van der Waals surface area contributed by atoms with Crippen molar-refractivity contribution in [1.82, 2.24) is 20.4 Å². The Morgan fingerprint density at radius 3 is 2.42 bits per heavy atom. The van der Waals surface area contributed by atoms with Crippen molar-refractivity contribution in [3.05, 3.63) is 83.9 Å². The van der Waals surface area contributed by atoms with Crippen molar-refractivity contribution in [2.75, 3.05) is 7.05 Å². The maximum atomic E-state index is 13.3. The maximum absolute atomic E-state index is 13.3. The predicted molar refractivity (Wildman–Crippen MR) is 149 cm³/mol. The fourth-order valence-electron chi connectivity index (χ4n) is 6.50. The Balaban J connectivity index is 1.08. The number of carbonyl (C=O) groups excluding carboxylic acids is 1. The highest BCUT2D eigenvalue weighted by molar-refractivity contribution is 6.01. The summed E-state index contributed by atoms with van der Waals surface area (Å²) in [7, 11) is 2.26. The number of aromatic nitrogens is 2. The second-order valence-electron chi connectivity index (χ2n) is 11.3. The molecule has 194 valence electrons. The van der Waals surface area contributed by atoms with Gasteiger partial charge in [0.1, 0.15) is 11.9 Å². The van der Waals surface area contributed by atoms with Crippen LogP contribution < -0.4 is 10.1 Å². The van der Waals surface area contributed by atoms with Crippen LogP contribution >= 0.6 is 0 Å². The molecule has 1 unspecified atom stereocenters. The molecule has 2 aliphatic heterocycles. The minimum absolute atomic E-state index is 0.0457. The number of hydrogen-bond donors (Lipinski definition) is 2. The summed E-state index contributed by atoms with van der Waals surface area (Å²) >= 11 is 0. The lowest BCUT2D eigenvalue weighted by molar-refractivity contribution is 0.0662. The van der Waals surface area contributed by atoms with E-state index in [0.29, 0.717) is 23.6 Å². The van der Waals surface area contributed by atoms with Gasteiger partial charge in [-0.25, -0.2) is 0 Å². The van der Waals surface area contributed by atoms with Gasteiger partial charge in [-0.15, -0.1) is 0 Å². The van der Waals surface area contributed by atoms with Crippen LogP contribution in [0.5, 0.6) is 5.75 Å². The molecule has 6 heteroatoms. The molecule has 1 saturated carbocycles. The second kappa shape index (κ2) is 9.59. The van der Waals surface area contributed by atoms with Crippen molar-refractivity contribution in [3.8, 4) is 17.0 Å². The van der Waals surface area contributed by atoms with E-state index in [2.05, 4.69) is 51.7 Å². The van der Waals surface area contributed by atoms with E-state index in [1.165, 1.54) is 18.4 Å². The third-order valence-corrected chi connectivity index (χ3v) is 8.85. The smallest absolute Gasteiger partial charge is 0.251 e. The third-order valence-electron chi connectivity index (χ3n) is 8.85. The molecule has 3 aliphatic rings. The highest BCUT2D eigenvalue weighted by Gasteiger charge is 2.39. The van der Waals surface area contributed by atoms with E-state index >= 15 is 0 Å². The molecule has 2 saturated heterocycles. The van der Waals surface area contributed by atoms with Crippen LogP contribution in [0.2, 0.25) is 0 Å². The molecule has 7 rings (SSSR count). The van der Waals surface area contributed by atoms with E-state index < -0.39 is 0 Å². The average Bonchev–Trinajstić information content (AvgIpc) is 3.67. The summed E-state index contributed by atoms with van der Waals surface area (Å²) in [5.74, 6) is 1.38. The summed E-state index contributed by atoms with van der Waals surface area (Å²) in [5, 5.41) is 12.0. The SMILES string of the molecule is CN1[C@@H]2CC[C@H]1C[C@@H](Oc1ccc(-c3n[nH]c4ccc(C(=O)NC(c5ccccc5)C5CC5)cc34)cc1)C2. The van der Waals surface area contributed by atoms with Crippen LogP contribution in [0.15, 0.2) is 72.8 Å². The Labute approximate surface area is 223 Å². The van der Waals surface area contributed by atoms with Crippen LogP contribution in [0.25, 0.3) is 22.2 Å². The van der Waals surface area contributed by atoms with Crippen molar-refractivity contribution < 1.29 is 9.53 Å². The molecule has 3 heterocycles. The number of fused-ring (bicyclic) bond motifs is 3. The van der Waals surface area contributed by atoms with Crippen LogP contribution in [0.1, 0.15) is 60.5 Å². The number of ether oxygens (including phenoxy) is 1. The first-order valence-electron chi connectivity index (χ1n) is 14.0. The zero-order chi connectivity index (χ0) is 25.6. The van der Waals surface area contributed by atoms with E-state index in [4.69, 9.17) is 4.74 Å². The molecule has 3 fully saturated rings. The highest BCUT2D eigenvalue weighted by atomic mass is 16.5. The highest BCUT2D eigenvalue weighted by Crippen LogP contribution is 2.41. The average molecular weight is 507 g/mol. The van der Waals surface area contributed by atoms with Crippen LogP contribution in [0, 0.1) is 5.92 Å². The van der Waals surface area contributed by atoms with Crippen LogP contribution in [-0.4, -0.2) is 46.2 Å². The molecule has 2 bridgehead atoms. The van der Waals surface area contributed by atoms with Gasteiger partial charge in [-0.3, -0.25) is 9.89 Å². The second-order valence-corrected chi connectivity index (χ2v) is 11.3. The number of carbonyl (C=O) groups is 1. The van der Waals surface area contributed by atoms with Gasteiger partial charge in [0, 0.05) is 28.6 Å². The van der Waals surface area contributed by atoms with E-state index in [1.54, 1.807) is 0 Å². The minimum Gasteiger partial charge on any atom is -0.490 e. The van der Waals surface area contributed by atoms with E-state index in [9.17, 15) is 4.79 Å². The van der Waals surface area contributed by atoms with Crippen LogP contribution in [-0.2, 0) is 0 Å². The molecule has 4 aromatic rings. The first-order valence-corrected chi connectivity index (χ1v) is 14.0. The van der Waals surface area contributed by atoms with Crippen molar-refractivity contribution in [1.29, 1.82) is 0 Å². The summed E-state index contributed by atoms with van der Waals surface area (Å²) in [5.41, 5.74) is 4.59. The Bertz CT molecular complexity index is 1430. The monoisotopic (exact) mass is 506 g/mol. The number of benzene rings is 3. The summed E-state index contributed by atoms with van der Waals surface area (Å²) in [4.78, 5) is 15.9. The lowest BCUT2D eigenvalue weighted by atomic mass is 10.0. The Kier molecular flexibility index (Phi) is 5.92. The van der Waals surface area contributed by atoms with Gasteiger partial charge in [-0.05, 0) is 99.5 Å². The molecule has 0 radical (unpaired) electrons. The molecule has 1 amide bonds. The number of piperidine rings is 1. The number of nitrogens with zero attached hydrogens (tertiary/aromatic N) is 2. The predicted octanol–water partition coefficient (Wildman–Crippen LogP) is 6.12. The maximum Gasteiger partial charge on any atom is 0.251 e. The number of rotatable bonds is 7.